The molecule has 1 aromatic heterocycles. The molecule has 0 spiro atoms. The monoisotopic (exact) mass is 433 g/mol. The van der Waals surface area contributed by atoms with Crippen LogP contribution >= 0.6 is 0 Å². The van der Waals surface area contributed by atoms with Gasteiger partial charge in [0.05, 0.1) is 22.3 Å². The minimum Gasteiger partial charge on any atom is -0.403 e. The Hall–Kier alpha value is -2.51. The number of fused-ring (bicyclic) bond motifs is 1. The van der Waals surface area contributed by atoms with Crippen molar-refractivity contribution in [3.63, 3.8) is 0 Å². The van der Waals surface area contributed by atoms with Gasteiger partial charge < -0.3 is 14.2 Å². The number of anilines is 1. The summed E-state index contributed by atoms with van der Waals surface area (Å²) in [7, 11) is -0.182. The van der Waals surface area contributed by atoms with Crippen LogP contribution in [-0.4, -0.2) is 41.4 Å². The molecule has 7 heteroatoms. The number of nitrogens with zero attached hydrogens (tertiary/aromatic N) is 3. The number of benzene rings is 2. The number of hydrogen-bond acceptors (Lipinski definition) is 5. The van der Waals surface area contributed by atoms with E-state index in [0.29, 0.717) is 17.2 Å². The molecule has 2 aromatic carbocycles. The first-order chi connectivity index (χ1) is 15.2. The van der Waals surface area contributed by atoms with Gasteiger partial charge in [-0.2, -0.15) is 0 Å². The Labute approximate surface area is 189 Å². The first-order valence-electron chi connectivity index (χ1n) is 11.4. The number of piperidine rings is 1. The maximum atomic E-state index is 14.5. The Morgan fingerprint density at radius 3 is 2.22 bits per heavy atom. The highest BCUT2D eigenvalue weighted by Gasteiger charge is 2.53. The SMILES string of the molecule is CC1(C)OB(C2CCN(c3nc(-c4ccccc4F)nc4ccccc34)CC2)OC1(C)C. The molecule has 0 saturated carbocycles. The van der Waals surface area contributed by atoms with Gasteiger partial charge in [-0.3, -0.25) is 0 Å². The van der Waals surface area contributed by atoms with E-state index < -0.39 is 0 Å². The minimum atomic E-state index is -0.313. The number of aromatic nitrogens is 2. The van der Waals surface area contributed by atoms with E-state index in [9.17, 15) is 4.39 Å². The molecular formula is C25H29BFN3O2. The van der Waals surface area contributed by atoms with Gasteiger partial charge in [0.25, 0.3) is 0 Å². The molecule has 5 nitrogen and oxygen atoms in total. The highest BCUT2D eigenvalue weighted by Crippen LogP contribution is 2.43. The molecule has 0 unspecified atom stereocenters. The van der Waals surface area contributed by atoms with Crippen LogP contribution in [0.15, 0.2) is 48.5 Å². The topological polar surface area (TPSA) is 47.5 Å². The average Bonchev–Trinajstić information content (AvgIpc) is 3.00. The Kier molecular flexibility index (Phi) is 5.21. The van der Waals surface area contributed by atoms with Gasteiger partial charge >= 0.3 is 7.12 Å². The van der Waals surface area contributed by atoms with E-state index in [-0.39, 0.29) is 24.1 Å². The third kappa shape index (κ3) is 3.67. The van der Waals surface area contributed by atoms with Gasteiger partial charge in [-0.25, -0.2) is 14.4 Å². The first kappa shape index (κ1) is 21.3. The van der Waals surface area contributed by atoms with Crippen molar-refractivity contribution >= 4 is 23.8 Å². The Morgan fingerprint density at radius 1 is 0.906 bits per heavy atom. The summed E-state index contributed by atoms with van der Waals surface area (Å²) in [6.45, 7) is 10.1. The average molecular weight is 433 g/mol. The molecule has 2 saturated heterocycles. The molecule has 0 N–H and O–H groups in total. The van der Waals surface area contributed by atoms with Crippen molar-refractivity contribution in [2.45, 2.75) is 57.6 Å². The van der Waals surface area contributed by atoms with E-state index in [1.807, 2.05) is 30.3 Å². The second-order valence-electron chi connectivity index (χ2n) is 9.82. The molecule has 32 heavy (non-hydrogen) atoms. The first-order valence-corrected chi connectivity index (χ1v) is 11.4. The van der Waals surface area contributed by atoms with E-state index in [4.69, 9.17) is 14.3 Å². The van der Waals surface area contributed by atoms with Crippen molar-refractivity contribution in [3.8, 4) is 11.4 Å². The lowest BCUT2D eigenvalue weighted by molar-refractivity contribution is 0.00578. The Balaban J connectivity index is 1.42. The highest BCUT2D eigenvalue weighted by molar-refractivity contribution is 6.47. The molecule has 0 amide bonds. The smallest absolute Gasteiger partial charge is 0.403 e. The van der Waals surface area contributed by atoms with E-state index in [0.717, 1.165) is 42.7 Å². The van der Waals surface area contributed by atoms with Crippen LogP contribution in [-0.2, 0) is 9.31 Å². The third-order valence-corrected chi connectivity index (χ3v) is 7.19. The maximum Gasteiger partial charge on any atom is 0.461 e. The van der Waals surface area contributed by atoms with Crippen molar-refractivity contribution in [1.82, 2.24) is 9.97 Å². The van der Waals surface area contributed by atoms with Crippen molar-refractivity contribution in [1.29, 1.82) is 0 Å². The lowest BCUT2D eigenvalue weighted by Gasteiger charge is -2.34. The molecule has 0 bridgehead atoms. The van der Waals surface area contributed by atoms with Crippen LogP contribution < -0.4 is 4.90 Å². The zero-order valence-corrected chi connectivity index (χ0v) is 19.1. The highest BCUT2D eigenvalue weighted by atomic mass is 19.1. The van der Waals surface area contributed by atoms with Crippen LogP contribution in [0.1, 0.15) is 40.5 Å². The summed E-state index contributed by atoms with van der Waals surface area (Å²) in [6.07, 6.45) is 1.90. The van der Waals surface area contributed by atoms with Crippen LogP contribution in [0.25, 0.3) is 22.3 Å². The van der Waals surface area contributed by atoms with Gasteiger partial charge in [0.1, 0.15) is 11.6 Å². The summed E-state index contributed by atoms with van der Waals surface area (Å²) in [5, 5.41) is 0.988. The molecule has 2 aliphatic heterocycles. The molecular weight excluding hydrogens is 404 g/mol. The summed E-state index contributed by atoms with van der Waals surface area (Å²) >= 11 is 0. The number of hydrogen-bond donors (Lipinski definition) is 0. The molecule has 5 rings (SSSR count). The maximum absolute atomic E-state index is 14.5. The Morgan fingerprint density at radius 2 is 1.53 bits per heavy atom. The zero-order valence-electron chi connectivity index (χ0n) is 19.1. The fourth-order valence-electron chi connectivity index (χ4n) is 4.53. The van der Waals surface area contributed by atoms with Crippen molar-refractivity contribution < 1.29 is 13.7 Å². The van der Waals surface area contributed by atoms with E-state index in [1.54, 1.807) is 12.1 Å². The van der Waals surface area contributed by atoms with Gasteiger partial charge in [-0.1, -0.05) is 24.3 Å². The normalized spacial score (nSPS) is 20.8. The van der Waals surface area contributed by atoms with Gasteiger partial charge in [0.15, 0.2) is 5.82 Å². The fourth-order valence-corrected chi connectivity index (χ4v) is 4.53. The molecule has 3 heterocycles. The van der Waals surface area contributed by atoms with E-state index in [1.165, 1.54) is 6.07 Å². The lowest BCUT2D eigenvalue weighted by Crippen LogP contribution is -2.41. The summed E-state index contributed by atoms with van der Waals surface area (Å²) in [6, 6.07) is 14.6. The molecule has 0 aliphatic carbocycles. The molecule has 166 valence electrons. The summed E-state index contributed by atoms with van der Waals surface area (Å²) in [5.74, 6) is 1.31. The van der Waals surface area contributed by atoms with Crippen molar-refractivity contribution in [2.24, 2.45) is 0 Å². The molecule has 2 aliphatic rings. The number of halogens is 1. The predicted octanol–water partition coefficient (Wildman–Crippen LogP) is 5.50. The molecule has 3 aromatic rings. The van der Waals surface area contributed by atoms with Gasteiger partial charge in [0, 0.05) is 18.5 Å². The second-order valence-corrected chi connectivity index (χ2v) is 9.82. The van der Waals surface area contributed by atoms with Gasteiger partial charge in [-0.05, 0) is 70.6 Å². The van der Waals surface area contributed by atoms with Gasteiger partial charge in [-0.15, -0.1) is 0 Å². The van der Waals surface area contributed by atoms with Crippen molar-refractivity contribution in [2.75, 3.05) is 18.0 Å². The van der Waals surface area contributed by atoms with Crippen LogP contribution in [0.3, 0.4) is 0 Å². The second kappa shape index (κ2) is 7.82. The van der Waals surface area contributed by atoms with E-state index >= 15 is 0 Å². The summed E-state index contributed by atoms with van der Waals surface area (Å²) in [5.41, 5.74) is 0.619. The molecule has 0 radical (unpaired) electrons. The van der Waals surface area contributed by atoms with Crippen molar-refractivity contribution in [3.05, 3.63) is 54.3 Å². The summed E-state index contributed by atoms with van der Waals surface area (Å²) < 4.78 is 27.1. The minimum absolute atomic E-state index is 0.182. The summed E-state index contributed by atoms with van der Waals surface area (Å²) in [4.78, 5) is 11.8. The van der Waals surface area contributed by atoms with Crippen LogP contribution in [0, 0.1) is 5.82 Å². The third-order valence-electron chi connectivity index (χ3n) is 7.19. The van der Waals surface area contributed by atoms with Crippen LogP contribution in [0.2, 0.25) is 5.82 Å². The lowest BCUT2D eigenvalue weighted by atomic mass is 9.67. The Bertz CT molecular complexity index is 1130. The zero-order chi connectivity index (χ0) is 22.5. The largest absolute Gasteiger partial charge is 0.461 e. The number of para-hydroxylation sites is 1. The number of rotatable bonds is 3. The molecule has 0 atom stereocenters. The van der Waals surface area contributed by atoms with Crippen LogP contribution in [0.4, 0.5) is 10.2 Å². The quantitative estimate of drug-likeness (QED) is 0.511. The van der Waals surface area contributed by atoms with Gasteiger partial charge in [0.2, 0.25) is 0 Å². The van der Waals surface area contributed by atoms with E-state index in [2.05, 4.69) is 37.6 Å². The molecule has 2 fully saturated rings. The standard InChI is InChI=1S/C25H29BFN3O2/c1-24(2)25(3,4)32-26(31-24)17-13-15-30(16-14-17)23-19-10-6-8-12-21(19)28-22(29-23)18-9-5-7-11-20(18)27/h5-12,17H,13-16H2,1-4H3. The predicted molar refractivity (Wildman–Crippen MR) is 126 cm³/mol. The fraction of sp³-hybridized carbons (Fsp3) is 0.440. The van der Waals surface area contributed by atoms with Crippen LogP contribution in [0.5, 0.6) is 0 Å².